The number of anilines is 4. The zero-order chi connectivity index (χ0) is 47.3. The van der Waals surface area contributed by atoms with E-state index in [-0.39, 0.29) is 10.8 Å². The number of hydrogen-bond acceptors (Lipinski definition) is 2. The summed E-state index contributed by atoms with van der Waals surface area (Å²) >= 11 is 0. The molecule has 2 nitrogen and oxygen atoms in total. The number of nitrogens with zero attached hydrogens (tertiary/aromatic N) is 2. The van der Waals surface area contributed by atoms with Gasteiger partial charge in [0.1, 0.15) is 0 Å². The van der Waals surface area contributed by atoms with Gasteiger partial charge in [-0.3, -0.25) is 0 Å². The van der Waals surface area contributed by atoms with Crippen LogP contribution in [0.2, 0.25) is 0 Å². The van der Waals surface area contributed by atoms with Crippen molar-refractivity contribution in [3.05, 3.63) is 216 Å². The second-order valence-corrected chi connectivity index (χ2v) is 20.9. The van der Waals surface area contributed by atoms with Crippen LogP contribution in [0.1, 0.15) is 89.1 Å². The molecule has 0 saturated heterocycles. The van der Waals surface area contributed by atoms with Crippen molar-refractivity contribution in [1.29, 1.82) is 0 Å². The van der Waals surface area contributed by atoms with Crippen molar-refractivity contribution in [2.45, 2.75) is 72.1 Å². The molecule has 0 saturated carbocycles. The minimum atomic E-state index is -0.170. The first kappa shape index (κ1) is 42.9. The molecule has 0 aromatic heterocycles. The number of fused-ring (bicyclic) bond motifs is 10. The fraction of sp³-hybridized carbons (Fsp3) is 0.194. The highest BCUT2D eigenvalue weighted by atomic mass is 15.2. The summed E-state index contributed by atoms with van der Waals surface area (Å²) in [5.41, 5.74) is 21.5. The van der Waals surface area contributed by atoms with Crippen LogP contribution in [0.5, 0.6) is 0 Å². The molecule has 2 aliphatic rings. The van der Waals surface area contributed by atoms with Gasteiger partial charge >= 0.3 is 0 Å². The van der Waals surface area contributed by atoms with E-state index in [4.69, 9.17) is 0 Å². The van der Waals surface area contributed by atoms with E-state index in [1.54, 1.807) is 0 Å². The molecular weight excluding hydrogens is 833 g/mol. The van der Waals surface area contributed by atoms with Gasteiger partial charge in [-0.2, -0.15) is 0 Å². The molecule has 69 heavy (non-hydrogen) atoms. The van der Waals surface area contributed by atoms with E-state index < -0.39 is 0 Å². The first-order valence-electron chi connectivity index (χ1n) is 25.1. The molecule has 0 fully saturated rings. The quantitative estimate of drug-likeness (QED) is 0.147. The standard InChI is InChI=1S/C67H60N2/c1-9-68-62-22-16-14-20-58(62)66(5,6)60-40-47(27-32-64(60)68)50-34-49(35-51(36-50)48-28-33-65-61(41-48)67(7,8)59-21-15-17-23-63(59)69(65)10-2)46-26-31-54-55-38-45(43-18-12-11-13-19-43)25-30-52(55)53-29-24-44(42(3)4)37-56(53)57(54)39-46/h11-42H,9-10H2,1-8H3. The third-order valence-electron chi connectivity index (χ3n) is 16.0. The van der Waals surface area contributed by atoms with E-state index in [2.05, 4.69) is 253 Å². The van der Waals surface area contributed by atoms with E-state index in [0.717, 1.165) is 13.1 Å². The molecule has 0 aliphatic carbocycles. The molecule has 0 spiro atoms. The molecule has 10 aromatic rings. The van der Waals surface area contributed by atoms with E-state index in [9.17, 15) is 0 Å². The Morgan fingerprint density at radius 2 is 0.696 bits per heavy atom. The summed E-state index contributed by atoms with van der Waals surface area (Å²) in [4.78, 5) is 4.98. The number of para-hydroxylation sites is 2. The Kier molecular flexibility index (Phi) is 10.0. The molecule has 2 heterocycles. The van der Waals surface area contributed by atoms with Crippen molar-refractivity contribution in [2.24, 2.45) is 0 Å². The fourth-order valence-corrected chi connectivity index (χ4v) is 12.1. The van der Waals surface area contributed by atoms with Crippen molar-refractivity contribution < 1.29 is 0 Å². The Bertz CT molecular complexity index is 3550. The molecule has 0 unspecified atom stereocenters. The van der Waals surface area contributed by atoms with E-state index in [1.165, 1.54) is 127 Å². The average Bonchev–Trinajstić information content (AvgIpc) is 3.38. The van der Waals surface area contributed by atoms with Gasteiger partial charge in [-0.1, -0.05) is 163 Å². The average molecular weight is 893 g/mol. The van der Waals surface area contributed by atoms with Gasteiger partial charge in [0.25, 0.3) is 0 Å². The van der Waals surface area contributed by atoms with Gasteiger partial charge in [-0.25, -0.2) is 0 Å². The van der Waals surface area contributed by atoms with Crippen LogP contribution in [0.4, 0.5) is 22.7 Å². The second-order valence-electron chi connectivity index (χ2n) is 20.9. The lowest BCUT2D eigenvalue weighted by Gasteiger charge is -2.42. The van der Waals surface area contributed by atoms with Crippen molar-refractivity contribution in [3.63, 3.8) is 0 Å². The molecule has 0 amide bonds. The molecule has 338 valence electrons. The molecule has 0 atom stereocenters. The third kappa shape index (κ3) is 6.74. The summed E-state index contributed by atoms with van der Waals surface area (Å²) in [7, 11) is 0. The summed E-state index contributed by atoms with van der Waals surface area (Å²) < 4.78 is 0. The number of hydrogen-bond donors (Lipinski definition) is 0. The van der Waals surface area contributed by atoms with Gasteiger partial charge in [0.15, 0.2) is 0 Å². The highest BCUT2D eigenvalue weighted by molar-refractivity contribution is 6.26. The monoisotopic (exact) mass is 892 g/mol. The van der Waals surface area contributed by atoms with Crippen molar-refractivity contribution >= 4 is 55.1 Å². The number of rotatable bonds is 7. The fourth-order valence-electron chi connectivity index (χ4n) is 12.1. The normalized spacial score (nSPS) is 14.5. The SMILES string of the molecule is CCN1c2ccccc2C(C)(C)c2cc(-c3cc(-c4ccc5c(c4)C(C)(C)c4ccccc4N5CC)cc(-c4ccc5c6cc(-c7ccccc7)ccc6c6ccc(C(C)C)cc6c5c4)c3)ccc21. The summed E-state index contributed by atoms with van der Waals surface area (Å²) in [6.45, 7) is 20.5. The van der Waals surface area contributed by atoms with E-state index in [1.807, 2.05) is 0 Å². The maximum Gasteiger partial charge on any atom is 0.0452 e. The molecule has 2 aliphatic heterocycles. The lowest BCUT2D eigenvalue weighted by molar-refractivity contribution is 0.626. The molecule has 0 radical (unpaired) electrons. The first-order valence-corrected chi connectivity index (χ1v) is 25.1. The Hall–Kier alpha value is -7.42. The van der Waals surface area contributed by atoms with Crippen LogP contribution in [0.25, 0.3) is 76.8 Å². The van der Waals surface area contributed by atoms with Gasteiger partial charge in [-0.15, -0.1) is 0 Å². The van der Waals surface area contributed by atoms with Crippen LogP contribution in [0.15, 0.2) is 188 Å². The van der Waals surface area contributed by atoms with Crippen LogP contribution in [0.3, 0.4) is 0 Å². The molecule has 2 heteroatoms. The second kappa shape index (κ2) is 16.1. The van der Waals surface area contributed by atoms with Crippen LogP contribution >= 0.6 is 0 Å². The van der Waals surface area contributed by atoms with Crippen LogP contribution in [0, 0.1) is 0 Å². The topological polar surface area (TPSA) is 6.48 Å². The maximum absolute atomic E-state index is 2.49. The Morgan fingerprint density at radius 1 is 0.319 bits per heavy atom. The zero-order valence-electron chi connectivity index (χ0n) is 41.3. The number of benzene rings is 10. The van der Waals surface area contributed by atoms with E-state index in [0.29, 0.717) is 5.92 Å². The Balaban J connectivity index is 1.09. The Morgan fingerprint density at radius 3 is 1.19 bits per heavy atom. The smallest absolute Gasteiger partial charge is 0.0452 e. The summed E-state index contributed by atoms with van der Waals surface area (Å²) in [5.74, 6) is 0.419. The maximum atomic E-state index is 2.49. The summed E-state index contributed by atoms with van der Waals surface area (Å²) in [5, 5.41) is 7.76. The van der Waals surface area contributed by atoms with Gasteiger partial charge in [0, 0.05) is 46.7 Å². The zero-order valence-corrected chi connectivity index (χ0v) is 41.3. The third-order valence-corrected chi connectivity index (χ3v) is 16.0. The van der Waals surface area contributed by atoms with Gasteiger partial charge in [0.05, 0.1) is 0 Å². The van der Waals surface area contributed by atoms with Crippen LogP contribution < -0.4 is 9.80 Å². The lowest BCUT2D eigenvalue weighted by Crippen LogP contribution is -2.32. The highest BCUT2D eigenvalue weighted by Gasteiger charge is 2.37. The van der Waals surface area contributed by atoms with Crippen LogP contribution in [-0.4, -0.2) is 13.1 Å². The molecule has 10 aromatic carbocycles. The summed E-state index contributed by atoms with van der Waals surface area (Å²) in [6, 6.07) is 72.0. The minimum absolute atomic E-state index is 0.170. The van der Waals surface area contributed by atoms with Crippen LogP contribution in [-0.2, 0) is 10.8 Å². The first-order chi connectivity index (χ1) is 33.4. The van der Waals surface area contributed by atoms with Gasteiger partial charge < -0.3 is 9.80 Å². The minimum Gasteiger partial charge on any atom is -0.341 e. The lowest BCUT2D eigenvalue weighted by atomic mass is 9.72. The largest absolute Gasteiger partial charge is 0.341 e. The molecule has 0 bridgehead atoms. The van der Waals surface area contributed by atoms with Crippen molar-refractivity contribution in [2.75, 3.05) is 22.9 Å². The highest BCUT2D eigenvalue weighted by Crippen LogP contribution is 2.52. The van der Waals surface area contributed by atoms with Gasteiger partial charge in [0.2, 0.25) is 0 Å². The Labute approximate surface area is 408 Å². The summed E-state index contributed by atoms with van der Waals surface area (Å²) in [6.07, 6.45) is 0. The van der Waals surface area contributed by atoms with Crippen molar-refractivity contribution in [3.8, 4) is 44.5 Å². The predicted octanol–water partition coefficient (Wildman–Crippen LogP) is 18.5. The van der Waals surface area contributed by atoms with Crippen molar-refractivity contribution in [1.82, 2.24) is 0 Å². The van der Waals surface area contributed by atoms with E-state index >= 15 is 0 Å². The predicted molar refractivity (Wildman–Crippen MR) is 297 cm³/mol. The molecular formula is C67H60N2. The molecule has 12 rings (SSSR count). The van der Waals surface area contributed by atoms with Gasteiger partial charge in [-0.05, 0) is 191 Å². The molecule has 0 N–H and O–H groups in total.